The van der Waals surface area contributed by atoms with Crippen molar-refractivity contribution in [3.63, 3.8) is 0 Å². The zero-order valence-corrected chi connectivity index (χ0v) is 9.73. The van der Waals surface area contributed by atoms with Crippen LogP contribution < -0.4 is 5.32 Å². The highest BCUT2D eigenvalue weighted by Crippen LogP contribution is 2.11. The largest absolute Gasteiger partial charge is 0.306 e. The molecule has 1 atom stereocenters. The van der Waals surface area contributed by atoms with Gasteiger partial charge in [-0.05, 0) is 42.3 Å². The van der Waals surface area contributed by atoms with Gasteiger partial charge < -0.3 is 5.32 Å². The fraction of sp³-hybridized carbons (Fsp3) is 0.214. The Morgan fingerprint density at radius 3 is 2.71 bits per heavy atom. The quantitative estimate of drug-likeness (QED) is 0.873. The Morgan fingerprint density at radius 1 is 1.24 bits per heavy atom. The van der Waals surface area contributed by atoms with Crippen molar-refractivity contribution in [1.29, 1.82) is 0 Å². The summed E-state index contributed by atoms with van der Waals surface area (Å²) >= 11 is 0. The van der Waals surface area contributed by atoms with E-state index in [4.69, 9.17) is 0 Å². The monoisotopic (exact) mass is 230 g/mol. The molecule has 0 fully saturated rings. The predicted molar refractivity (Wildman–Crippen MR) is 65.9 cm³/mol. The van der Waals surface area contributed by atoms with Gasteiger partial charge >= 0.3 is 0 Å². The van der Waals surface area contributed by atoms with Crippen LogP contribution in [0.4, 0.5) is 4.39 Å². The fourth-order valence-corrected chi connectivity index (χ4v) is 1.69. The molecular weight excluding hydrogens is 215 g/mol. The number of nitrogens with one attached hydrogen (secondary N) is 1. The Bertz CT molecular complexity index is 471. The van der Waals surface area contributed by atoms with Crippen LogP contribution in [0.25, 0.3) is 0 Å². The zero-order valence-electron chi connectivity index (χ0n) is 9.73. The maximum atomic E-state index is 13.0. The van der Waals surface area contributed by atoms with Crippen LogP contribution in [-0.4, -0.2) is 4.98 Å². The van der Waals surface area contributed by atoms with Crippen LogP contribution in [0.15, 0.2) is 48.8 Å². The number of benzene rings is 1. The summed E-state index contributed by atoms with van der Waals surface area (Å²) in [6.45, 7) is 2.73. The lowest BCUT2D eigenvalue weighted by molar-refractivity contribution is 0.569. The highest BCUT2D eigenvalue weighted by atomic mass is 19.1. The topological polar surface area (TPSA) is 24.9 Å². The first-order valence-electron chi connectivity index (χ1n) is 5.63. The molecule has 1 heterocycles. The molecule has 0 aliphatic rings. The van der Waals surface area contributed by atoms with E-state index in [9.17, 15) is 4.39 Å². The van der Waals surface area contributed by atoms with Gasteiger partial charge in [0.05, 0.1) is 0 Å². The lowest BCUT2D eigenvalue weighted by Crippen LogP contribution is -2.18. The van der Waals surface area contributed by atoms with Crippen molar-refractivity contribution in [3.8, 4) is 0 Å². The molecule has 2 rings (SSSR count). The molecule has 2 nitrogen and oxygen atoms in total. The van der Waals surface area contributed by atoms with Crippen molar-refractivity contribution >= 4 is 0 Å². The number of hydrogen-bond donors (Lipinski definition) is 1. The van der Waals surface area contributed by atoms with Gasteiger partial charge in [0.25, 0.3) is 0 Å². The van der Waals surface area contributed by atoms with E-state index < -0.39 is 0 Å². The molecule has 0 radical (unpaired) electrons. The third-order valence-electron chi connectivity index (χ3n) is 2.71. The number of halogens is 1. The summed E-state index contributed by atoms with van der Waals surface area (Å²) in [7, 11) is 0. The average Bonchev–Trinajstić information content (AvgIpc) is 2.37. The van der Waals surface area contributed by atoms with E-state index in [1.165, 1.54) is 11.6 Å². The van der Waals surface area contributed by atoms with Gasteiger partial charge in [-0.1, -0.05) is 12.1 Å². The van der Waals surface area contributed by atoms with Crippen molar-refractivity contribution in [3.05, 3.63) is 65.7 Å². The summed E-state index contributed by atoms with van der Waals surface area (Å²) in [6.07, 6.45) is 3.55. The van der Waals surface area contributed by atoms with E-state index >= 15 is 0 Å². The molecular formula is C14H15FN2. The standard InChI is InChI=1S/C14H15FN2/c1-11(13-5-7-16-8-6-13)17-10-12-3-2-4-14(15)9-12/h2-9,11,17H,10H2,1H3. The minimum absolute atomic E-state index is 0.194. The Balaban J connectivity index is 1.95. The molecule has 1 aromatic carbocycles. The molecule has 1 N–H and O–H groups in total. The molecule has 0 saturated carbocycles. The summed E-state index contributed by atoms with van der Waals surface area (Å²) in [6, 6.07) is 10.8. The first kappa shape index (κ1) is 11.7. The summed E-state index contributed by atoms with van der Waals surface area (Å²) in [5, 5.41) is 3.35. The highest BCUT2D eigenvalue weighted by molar-refractivity contribution is 5.18. The maximum absolute atomic E-state index is 13.0. The molecule has 0 saturated heterocycles. The fourth-order valence-electron chi connectivity index (χ4n) is 1.69. The smallest absolute Gasteiger partial charge is 0.123 e. The molecule has 88 valence electrons. The van der Waals surface area contributed by atoms with Crippen LogP contribution in [0.2, 0.25) is 0 Å². The van der Waals surface area contributed by atoms with Crippen molar-refractivity contribution in [2.45, 2.75) is 19.5 Å². The predicted octanol–water partition coefficient (Wildman–Crippen LogP) is 3.07. The SMILES string of the molecule is CC(NCc1cccc(F)c1)c1ccncc1. The van der Waals surface area contributed by atoms with Crippen LogP contribution in [0.3, 0.4) is 0 Å². The Morgan fingerprint density at radius 2 is 2.00 bits per heavy atom. The minimum Gasteiger partial charge on any atom is -0.306 e. The number of nitrogens with zero attached hydrogens (tertiary/aromatic N) is 1. The number of hydrogen-bond acceptors (Lipinski definition) is 2. The second-order valence-electron chi connectivity index (χ2n) is 4.01. The van der Waals surface area contributed by atoms with Crippen LogP contribution in [0, 0.1) is 5.82 Å². The van der Waals surface area contributed by atoms with Gasteiger partial charge in [-0.2, -0.15) is 0 Å². The molecule has 0 amide bonds. The lowest BCUT2D eigenvalue weighted by Gasteiger charge is -2.13. The third kappa shape index (κ3) is 3.36. The molecule has 0 spiro atoms. The Hall–Kier alpha value is -1.74. The van der Waals surface area contributed by atoms with Crippen LogP contribution >= 0.6 is 0 Å². The molecule has 1 aromatic heterocycles. The molecule has 0 aliphatic carbocycles. The Kier molecular flexibility index (Phi) is 3.83. The van der Waals surface area contributed by atoms with Crippen LogP contribution in [-0.2, 0) is 6.54 Å². The second kappa shape index (κ2) is 5.55. The van der Waals surface area contributed by atoms with Crippen LogP contribution in [0.5, 0.6) is 0 Å². The van der Waals surface area contributed by atoms with E-state index in [2.05, 4.69) is 17.2 Å². The first-order chi connectivity index (χ1) is 8.25. The zero-order chi connectivity index (χ0) is 12.1. The van der Waals surface area contributed by atoms with E-state index in [-0.39, 0.29) is 11.9 Å². The highest BCUT2D eigenvalue weighted by Gasteiger charge is 2.04. The number of aromatic nitrogens is 1. The first-order valence-corrected chi connectivity index (χ1v) is 5.63. The molecule has 0 aliphatic heterocycles. The van der Waals surface area contributed by atoms with Crippen molar-refractivity contribution in [2.24, 2.45) is 0 Å². The van der Waals surface area contributed by atoms with Gasteiger partial charge in [0.1, 0.15) is 5.82 Å². The van der Waals surface area contributed by atoms with E-state index in [0.717, 1.165) is 5.56 Å². The van der Waals surface area contributed by atoms with E-state index in [1.807, 2.05) is 18.2 Å². The number of pyridine rings is 1. The Labute approximate surface area is 101 Å². The van der Waals surface area contributed by atoms with E-state index in [0.29, 0.717) is 6.54 Å². The van der Waals surface area contributed by atoms with Gasteiger partial charge in [0, 0.05) is 25.0 Å². The average molecular weight is 230 g/mol. The maximum Gasteiger partial charge on any atom is 0.123 e. The summed E-state index contributed by atoms with van der Waals surface area (Å²) in [5.41, 5.74) is 2.13. The second-order valence-corrected chi connectivity index (χ2v) is 4.01. The molecule has 0 bridgehead atoms. The van der Waals surface area contributed by atoms with Gasteiger partial charge in [0.2, 0.25) is 0 Å². The molecule has 17 heavy (non-hydrogen) atoms. The van der Waals surface area contributed by atoms with Gasteiger partial charge in [-0.3, -0.25) is 4.98 Å². The minimum atomic E-state index is -0.194. The van der Waals surface area contributed by atoms with E-state index in [1.54, 1.807) is 24.5 Å². The van der Waals surface area contributed by atoms with Crippen molar-refractivity contribution in [2.75, 3.05) is 0 Å². The normalized spacial score (nSPS) is 12.4. The van der Waals surface area contributed by atoms with Crippen molar-refractivity contribution in [1.82, 2.24) is 10.3 Å². The summed E-state index contributed by atoms with van der Waals surface area (Å²) in [4.78, 5) is 3.98. The van der Waals surface area contributed by atoms with Crippen molar-refractivity contribution < 1.29 is 4.39 Å². The van der Waals surface area contributed by atoms with Crippen LogP contribution in [0.1, 0.15) is 24.1 Å². The lowest BCUT2D eigenvalue weighted by atomic mass is 10.1. The van der Waals surface area contributed by atoms with Gasteiger partial charge in [0.15, 0.2) is 0 Å². The third-order valence-corrected chi connectivity index (χ3v) is 2.71. The molecule has 3 heteroatoms. The summed E-state index contributed by atoms with van der Waals surface area (Å²) in [5.74, 6) is -0.194. The van der Waals surface area contributed by atoms with Gasteiger partial charge in [-0.25, -0.2) is 4.39 Å². The summed E-state index contributed by atoms with van der Waals surface area (Å²) < 4.78 is 13.0. The molecule has 2 aromatic rings. The number of rotatable bonds is 4. The molecule has 1 unspecified atom stereocenters. The van der Waals surface area contributed by atoms with Gasteiger partial charge in [-0.15, -0.1) is 0 Å².